The second kappa shape index (κ2) is 10.3. The Labute approximate surface area is 189 Å². The lowest BCUT2D eigenvalue weighted by Gasteiger charge is -2.41. The van der Waals surface area contributed by atoms with Crippen LogP contribution in [-0.4, -0.2) is 47.4 Å². The second-order valence-electron chi connectivity index (χ2n) is 7.95. The third-order valence-corrected chi connectivity index (χ3v) is 5.84. The van der Waals surface area contributed by atoms with E-state index in [-0.39, 0.29) is 11.9 Å². The van der Waals surface area contributed by atoms with E-state index in [1.165, 1.54) is 0 Å². The Kier molecular flexibility index (Phi) is 7.02. The Bertz CT molecular complexity index is 1020. The Balaban J connectivity index is 1.48. The molecule has 0 saturated carbocycles. The third-order valence-electron chi connectivity index (χ3n) is 5.84. The van der Waals surface area contributed by atoms with Crippen LogP contribution in [0.2, 0.25) is 0 Å². The molecule has 0 N–H and O–H groups in total. The molecule has 1 amide bonds. The van der Waals surface area contributed by atoms with Gasteiger partial charge in [0.25, 0.3) is 0 Å². The van der Waals surface area contributed by atoms with Crippen LogP contribution in [0.25, 0.3) is 0 Å². The minimum Gasteiger partial charge on any atom is -0.497 e. The van der Waals surface area contributed by atoms with Crippen molar-refractivity contribution < 1.29 is 14.3 Å². The van der Waals surface area contributed by atoms with Crippen LogP contribution in [0.15, 0.2) is 72.9 Å². The van der Waals surface area contributed by atoms with Crippen molar-refractivity contribution in [1.82, 2.24) is 14.8 Å². The Hall–Kier alpha value is -3.38. The molecular formula is C26H29N3O3. The van der Waals surface area contributed by atoms with E-state index in [9.17, 15) is 4.79 Å². The molecule has 2 aromatic carbocycles. The highest BCUT2D eigenvalue weighted by Gasteiger charge is 2.30. The van der Waals surface area contributed by atoms with E-state index in [2.05, 4.69) is 16.0 Å². The van der Waals surface area contributed by atoms with Crippen LogP contribution < -0.4 is 9.47 Å². The molecule has 1 aliphatic heterocycles. The predicted octanol–water partition coefficient (Wildman–Crippen LogP) is 4.07. The lowest BCUT2D eigenvalue weighted by Crippen LogP contribution is -2.49. The minimum atomic E-state index is 0.00811. The van der Waals surface area contributed by atoms with Gasteiger partial charge in [-0.2, -0.15) is 0 Å². The molecule has 1 aliphatic rings. The van der Waals surface area contributed by atoms with Gasteiger partial charge < -0.3 is 14.4 Å². The molecule has 1 fully saturated rings. The second-order valence-corrected chi connectivity index (χ2v) is 7.95. The molecule has 32 heavy (non-hydrogen) atoms. The number of pyridine rings is 1. The fourth-order valence-corrected chi connectivity index (χ4v) is 4.12. The highest BCUT2D eigenvalue weighted by atomic mass is 16.5. The van der Waals surface area contributed by atoms with Crippen LogP contribution in [0.1, 0.15) is 29.8 Å². The topological polar surface area (TPSA) is 54.9 Å². The largest absolute Gasteiger partial charge is 0.497 e. The van der Waals surface area contributed by atoms with E-state index in [1.807, 2.05) is 65.6 Å². The number of piperazine rings is 1. The van der Waals surface area contributed by atoms with Gasteiger partial charge in [-0.15, -0.1) is 0 Å². The van der Waals surface area contributed by atoms with Crippen molar-refractivity contribution >= 4 is 5.91 Å². The van der Waals surface area contributed by atoms with Gasteiger partial charge >= 0.3 is 0 Å². The minimum absolute atomic E-state index is 0.00811. The Morgan fingerprint density at radius 2 is 1.81 bits per heavy atom. The molecule has 0 bridgehead atoms. The molecule has 4 rings (SSSR count). The number of aromatic nitrogens is 1. The number of carbonyl (C=O) groups is 1. The zero-order valence-corrected chi connectivity index (χ0v) is 18.6. The first-order valence-electron chi connectivity index (χ1n) is 10.9. The summed E-state index contributed by atoms with van der Waals surface area (Å²) in [6, 6.07) is 22.0. The van der Waals surface area contributed by atoms with Gasteiger partial charge in [0.1, 0.15) is 18.1 Å². The maximum atomic E-state index is 12.3. The molecule has 6 nitrogen and oxygen atoms in total. The summed E-state index contributed by atoms with van der Waals surface area (Å²) in [6.07, 6.45) is 1.78. The van der Waals surface area contributed by atoms with Crippen LogP contribution in [0.5, 0.6) is 11.5 Å². The summed E-state index contributed by atoms with van der Waals surface area (Å²) in [5.41, 5.74) is 3.15. The van der Waals surface area contributed by atoms with Gasteiger partial charge in [0.2, 0.25) is 5.91 Å². The molecule has 6 heteroatoms. The Morgan fingerprint density at radius 3 is 2.53 bits per heavy atom. The van der Waals surface area contributed by atoms with Gasteiger partial charge in [-0.3, -0.25) is 14.7 Å². The van der Waals surface area contributed by atoms with Crippen LogP contribution in [0.3, 0.4) is 0 Å². The van der Waals surface area contributed by atoms with Gasteiger partial charge in [-0.1, -0.05) is 36.4 Å². The van der Waals surface area contributed by atoms with Crippen LogP contribution in [0, 0.1) is 0 Å². The van der Waals surface area contributed by atoms with Crippen molar-refractivity contribution in [2.24, 2.45) is 0 Å². The molecule has 0 unspecified atom stereocenters. The van der Waals surface area contributed by atoms with E-state index in [1.54, 1.807) is 20.2 Å². The van der Waals surface area contributed by atoms with Crippen molar-refractivity contribution in [2.45, 2.75) is 26.1 Å². The number of hydrogen-bond acceptors (Lipinski definition) is 5. The Morgan fingerprint density at radius 1 is 1.03 bits per heavy atom. The van der Waals surface area contributed by atoms with Crippen LogP contribution in [-0.2, 0) is 17.9 Å². The van der Waals surface area contributed by atoms with Gasteiger partial charge in [-0.05, 0) is 35.9 Å². The normalized spacial score (nSPS) is 16.6. The molecule has 0 spiro atoms. The lowest BCUT2D eigenvalue weighted by molar-refractivity contribution is -0.134. The third kappa shape index (κ3) is 5.26. The monoisotopic (exact) mass is 431 g/mol. The number of methoxy groups -OCH3 is 1. The van der Waals surface area contributed by atoms with Crippen LogP contribution >= 0.6 is 0 Å². The number of nitrogens with zero attached hydrogens (tertiary/aromatic N) is 3. The number of ether oxygens (including phenoxy) is 2. The van der Waals surface area contributed by atoms with Crippen molar-refractivity contribution in [3.8, 4) is 11.5 Å². The zero-order valence-electron chi connectivity index (χ0n) is 18.6. The predicted molar refractivity (Wildman–Crippen MR) is 123 cm³/mol. The van der Waals surface area contributed by atoms with Crippen LogP contribution in [0.4, 0.5) is 0 Å². The number of benzene rings is 2. The molecular weight excluding hydrogens is 402 g/mol. The first-order valence-corrected chi connectivity index (χ1v) is 10.9. The summed E-state index contributed by atoms with van der Waals surface area (Å²) in [6.45, 7) is 5.12. The smallest absolute Gasteiger partial charge is 0.220 e. The summed E-state index contributed by atoms with van der Waals surface area (Å²) in [7, 11) is 1.66. The molecule has 0 radical (unpaired) electrons. The summed E-state index contributed by atoms with van der Waals surface area (Å²) in [5.74, 6) is 1.78. The number of hydrogen-bond donors (Lipinski definition) is 0. The first-order chi connectivity index (χ1) is 15.6. The van der Waals surface area contributed by atoms with Gasteiger partial charge in [0, 0.05) is 44.9 Å². The zero-order chi connectivity index (χ0) is 22.3. The van der Waals surface area contributed by atoms with E-state index < -0.39 is 0 Å². The summed E-state index contributed by atoms with van der Waals surface area (Å²) >= 11 is 0. The average molecular weight is 432 g/mol. The molecule has 3 aromatic rings. The number of carbonyl (C=O) groups excluding carboxylic acids is 1. The van der Waals surface area contributed by atoms with Gasteiger partial charge in [0.05, 0.1) is 18.8 Å². The summed E-state index contributed by atoms with van der Waals surface area (Å²) < 4.78 is 11.4. The van der Waals surface area contributed by atoms with Crippen molar-refractivity contribution in [3.63, 3.8) is 0 Å². The van der Waals surface area contributed by atoms with E-state index in [0.29, 0.717) is 13.2 Å². The standard InChI is InChI=1S/C26H29N3O3/c1-20(30)29-16-15-28(18-25(29)21-10-12-24(31-2)13-11-21)17-22-7-3-4-9-26(22)32-19-23-8-5-6-14-27-23/h3-14,25H,15-19H2,1-2H3/t25-/m1/s1. The maximum absolute atomic E-state index is 12.3. The molecule has 2 heterocycles. The highest BCUT2D eigenvalue weighted by molar-refractivity contribution is 5.74. The number of rotatable bonds is 7. The van der Waals surface area contributed by atoms with E-state index in [4.69, 9.17) is 9.47 Å². The lowest BCUT2D eigenvalue weighted by atomic mass is 10.0. The molecule has 166 valence electrons. The molecule has 0 aliphatic carbocycles. The SMILES string of the molecule is COc1ccc([C@H]2CN(Cc3ccccc3OCc3ccccn3)CCN2C(C)=O)cc1. The maximum Gasteiger partial charge on any atom is 0.220 e. The summed E-state index contributed by atoms with van der Waals surface area (Å²) in [4.78, 5) is 21.0. The molecule has 1 atom stereocenters. The molecule has 1 aromatic heterocycles. The highest BCUT2D eigenvalue weighted by Crippen LogP contribution is 2.29. The van der Waals surface area contributed by atoms with Gasteiger partial charge in [0.15, 0.2) is 0 Å². The molecule has 1 saturated heterocycles. The van der Waals surface area contributed by atoms with Crippen molar-refractivity contribution in [2.75, 3.05) is 26.7 Å². The first kappa shape index (κ1) is 21.8. The van der Waals surface area contributed by atoms with Gasteiger partial charge in [-0.25, -0.2) is 0 Å². The van der Waals surface area contributed by atoms with Crippen molar-refractivity contribution in [1.29, 1.82) is 0 Å². The fraction of sp³-hybridized carbons (Fsp3) is 0.308. The summed E-state index contributed by atoms with van der Waals surface area (Å²) in [5, 5.41) is 0. The van der Waals surface area contributed by atoms with E-state index in [0.717, 1.165) is 48.0 Å². The quantitative estimate of drug-likeness (QED) is 0.564. The van der Waals surface area contributed by atoms with Crippen molar-refractivity contribution in [3.05, 3.63) is 89.7 Å². The number of para-hydroxylation sites is 1. The van der Waals surface area contributed by atoms with E-state index >= 15 is 0 Å². The number of amides is 1. The average Bonchev–Trinajstić information content (AvgIpc) is 2.84. The fourth-order valence-electron chi connectivity index (χ4n) is 4.12.